The van der Waals surface area contributed by atoms with Gasteiger partial charge in [-0.15, -0.1) is 0 Å². The maximum Gasteiger partial charge on any atom is 0.317 e. The van der Waals surface area contributed by atoms with Gasteiger partial charge in [-0.05, 0) is 48.4 Å². The third-order valence-electron chi connectivity index (χ3n) is 4.54. The Kier molecular flexibility index (Phi) is 6.94. The molecule has 1 N–H and O–H groups in total. The van der Waals surface area contributed by atoms with Gasteiger partial charge in [0.15, 0.2) is 16.7 Å². The zero-order chi connectivity index (χ0) is 21.7. The summed E-state index contributed by atoms with van der Waals surface area (Å²) in [6.45, 7) is 0.313. The molecule has 1 atom stereocenters. The highest BCUT2D eigenvalue weighted by molar-refractivity contribution is 8.15. The molecule has 1 amide bonds. The number of methoxy groups -OCH3 is 2. The van der Waals surface area contributed by atoms with Crippen molar-refractivity contribution in [2.75, 3.05) is 20.8 Å². The number of benzene rings is 2. The fourth-order valence-corrected chi connectivity index (χ4v) is 4.02. The van der Waals surface area contributed by atoms with Crippen molar-refractivity contribution in [3.8, 4) is 11.5 Å². The number of carbonyl (C=O) groups excluding carboxylic acids is 1. The van der Waals surface area contributed by atoms with E-state index in [1.54, 1.807) is 20.3 Å². The Morgan fingerprint density at radius 2 is 1.90 bits per heavy atom. The van der Waals surface area contributed by atoms with Crippen molar-refractivity contribution < 1.29 is 28.6 Å². The number of nitrogens with zero attached hydrogens (tertiary/aromatic N) is 2. The Morgan fingerprint density at radius 1 is 1.20 bits per heavy atom. The minimum atomic E-state index is -1.07. The first kappa shape index (κ1) is 21.6. The number of rotatable bonds is 7. The van der Waals surface area contributed by atoms with Crippen LogP contribution in [0, 0.1) is 5.82 Å². The summed E-state index contributed by atoms with van der Waals surface area (Å²) in [6, 6.07) is 11.0. The largest absolute Gasteiger partial charge is 0.493 e. The first-order valence-corrected chi connectivity index (χ1v) is 10.0. The Morgan fingerprint density at radius 3 is 2.53 bits per heavy atom. The van der Waals surface area contributed by atoms with Gasteiger partial charge >= 0.3 is 5.97 Å². The lowest BCUT2D eigenvalue weighted by Crippen LogP contribution is -2.44. The van der Waals surface area contributed by atoms with Gasteiger partial charge in [-0.1, -0.05) is 17.8 Å². The smallest absolute Gasteiger partial charge is 0.317 e. The van der Waals surface area contributed by atoms with E-state index in [0.29, 0.717) is 30.2 Å². The van der Waals surface area contributed by atoms with Crippen LogP contribution in [-0.2, 0) is 16.0 Å². The molecule has 30 heavy (non-hydrogen) atoms. The first-order valence-electron chi connectivity index (χ1n) is 9.16. The van der Waals surface area contributed by atoms with Crippen LogP contribution in [0.3, 0.4) is 0 Å². The molecule has 2 aromatic rings. The number of ether oxygens (including phenoxy) is 2. The number of hydrogen-bond donors (Lipinski definition) is 1. The van der Waals surface area contributed by atoms with Crippen molar-refractivity contribution in [2.45, 2.75) is 18.1 Å². The van der Waals surface area contributed by atoms with E-state index in [0.717, 1.165) is 17.3 Å². The van der Waals surface area contributed by atoms with Gasteiger partial charge in [0.05, 0.1) is 26.3 Å². The Labute approximate surface area is 177 Å². The molecular formula is C21H21FN2O5S. The molecule has 0 saturated carbocycles. The number of amidine groups is 1. The van der Waals surface area contributed by atoms with Crippen molar-refractivity contribution >= 4 is 34.5 Å². The zero-order valence-electron chi connectivity index (χ0n) is 16.5. The van der Waals surface area contributed by atoms with Crippen LogP contribution in [0.1, 0.15) is 12.0 Å². The van der Waals surface area contributed by atoms with Gasteiger partial charge in [0.1, 0.15) is 11.1 Å². The molecule has 7 nitrogen and oxygen atoms in total. The van der Waals surface area contributed by atoms with Gasteiger partial charge < -0.3 is 14.6 Å². The number of halogens is 1. The van der Waals surface area contributed by atoms with Gasteiger partial charge in [-0.25, -0.2) is 9.38 Å². The third kappa shape index (κ3) is 5.10. The maximum absolute atomic E-state index is 13.2. The highest BCUT2D eigenvalue weighted by Crippen LogP contribution is 2.31. The molecule has 158 valence electrons. The van der Waals surface area contributed by atoms with Crippen LogP contribution in [0.4, 0.5) is 10.1 Å². The predicted molar refractivity (Wildman–Crippen MR) is 112 cm³/mol. The molecule has 0 unspecified atom stereocenters. The highest BCUT2D eigenvalue weighted by Gasteiger charge is 2.35. The summed E-state index contributed by atoms with van der Waals surface area (Å²) in [4.78, 5) is 30.0. The van der Waals surface area contributed by atoms with Crippen LogP contribution in [0.5, 0.6) is 11.5 Å². The SMILES string of the molecule is COc1ccc(CCN2C(=O)C[C@@H](C(=O)O)SC2=Nc2ccc(F)cc2)cc1OC. The van der Waals surface area contributed by atoms with Gasteiger partial charge in [-0.3, -0.25) is 14.5 Å². The lowest BCUT2D eigenvalue weighted by Gasteiger charge is -2.30. The molecule has 1 aliphatic rings. The van der Waals surface area contributed by atoms with E-state index in [-0.39, 0.29) is 17.5 Å². The predicted octanol–water partition coefficient (Wildman–Crippen LogP) is 3.49. The topological polar surface area (TPSA) is 88.4 Å². The van der Waals surface area contributed by atoms with Crippen molar-refractivity contribution in [2.24, 2.45) is 4.99 Å². The van der Waals surface area contributed by atoms with E-state index in [2.05, 4.69) is 4.99 Å². The van der Waals surface area contributed by atoms with Crippen LogP contribution >= 0.6 is 11.8 Å². The summed E-state index contributed by atoms with van der Waals surface area (Å²) in [5.41, 5.74) is 1.36. The van der Waals surface area contributed by atoms with E-state index < -0.39 is 17.0 Å². The molecule has 0 aromatic heterocycles. The number of carbonyl (C=O) groups is 2. The second-order valence-electron chi connectivity index (χ2n) is 6.50. The fraction of sp³-hybridized carbons (Fsp3) is 0.286. The molecule has 0 spiro atoms. The van der Waals surface area contributed by atoms with E-state index in [4.69, 9.17) is 9.47 Å². The molecule has 1 aliphatic heterocycles. The number of thioether (sulfide) groups is 1. The molecular weight excluding hydrogens is 411 g/mol. The molecule has 1 saturated heterocycles. The van der Waals surface area contributed by atoms with Gasteiger partial charge in [0.25, 0.3) is 0 Å². The minimum Gasteiger partial charge on any atom is -0.493 e. The van der Waals surface area contributed by atoms with Crippen LogP contribution in [0.25, 0.3) is 0 Å². The maximum atomic E-state index is 13.2. The van der Waals surface area contributed by atoms with E-state index in [1.807, 2.05) is 12.1 Å². The van der Waals surface area contributed by atoms with Crippen molar-refractivity contribution in [3.05, 3.63) is 53.8 Å². The average molecular weight is 432 g/mol. The summed E-state index contributed by atoms with van der Waals surface area (Å²) in [5.74, 6) is -0.601. The van der Waals surface area contributed by atoms with Gasteiger partial charge in [-0.2, -0.15) is 0 Å². The second-order valence-corrected chi connectivity index (χ2v) is 7.67. The molecule has 1 heterocycles. The molecule has 0 radical (unpaired) electrons. The Bertz CT molecular complexity index is 964. The molecule has 0 bridgehead atoms. The van der Waals surface area contributed by atoms with Gasteiger partial charge in [0.2, 0.25) is 5.91 Å². The fourth-order valence-electron chi connectivity index (χ4n) is 2.96. The van der Waals surface area contributed by atoms with Crippen molar-refractivity contribution in [1.82, 2.24) is 4.90 Å². The third-order valence-corrected chi connectivity index (χ3v) is 5.71. The number of hydrogen-bond acceptors (Lipinski definition) is 6. The number of aliphatic imine (C=N–C) groups is 1. The molecule has 1 fully saturated rings. The molecule has 0 aliphatic carbocycles. The highest BCUT2D eigenvalue weighted by atomic mass is 32.2. The summed E-state index contributed by atoms with van der Waals surface area (Å²) < 4.78 is 23.7. The number of carboxylic acids is 1. The standard InChI is InChI=1S/C21H21FN2O5S/c1-28-16-8-3-13(11-17(16)29-2)9-10-24-19(25)12-18(20(26)27)30-21(24)23-15-6-4-14(22)5-7-15/h3-8,11,18H,9-10,12H2,1-2H3,(H,26,27)/t18-/m0/s1. The van der Waals surface area contributed by atoms with E-state index in [1.165, 1.54) is 29.2 Å². The molecule has 3 rings (SSSR count). The number of amides is 1. The summed E-state index contributed by atoms with van der Waals surface area (Å²) in [6.07, 6.45) is 0.390. The monoisotopic (exact) mass is 432 g/mol. The van der Waals surface area contributed by atoms with Crippen LogP contribution in [0.15, 0.2) is 47.5 Å². The summed E-state index contributed by atoms with van der Waals surface area (Å²) in [7, 11) is 3.10. The van der Waals surface area contributed by atoms with Crippen LogP contribution < -0.4 is 9.47 Å². The van der Waals surface area contributed by atoms with Crippen molar-refractivity contribution in [3.63, 3.8) is 0 Å². The Balaban J connectivity index is 1.83. The van der Waals surface area contributed by atoms with Gasteiger partial charge in [0, 0.05) is 6.54 Å². The molecule has 9 heteroatoms. The second kappa shape index (κ2) is 9.62. The minimum absolute atomic E-state index is 0.117. The average Bonchev–Trinajstić information content (AvgIpc) is 2.74. The lowest BCUT2D eigenvalue weighted by atomic mass is 10.1. The Hall–Kier alpha value is -3.07. The first-order chi connectivity index (χ1) is 14.4. The van der Waals surface area contributed by atoms with Crippen LogP contribution in [0.2, 0.25) is 0 Å². The van der Waals surface area contributed by atoms with E-state index >= 15 is 0 Å². The quantitative estimate of drug-likeness (QED) is 0.721. The number of carboxylic acid groups (broad SMARTS) is 1. The number of aliphatic carboxylic acids is 1. The van der Waals surface area contributed by atoms with Crippen LogP contribution in [-0.4, -0.2) is 53.1 Å². The summed E-state index contributed by atoms with van der Waals surface area (Å²) in [5, 5.41) is 8.73. The van der Waals surface area contributed by atoms with Crippen molar-refractivity contribution in [1.29, 1.82) is 0 Å². The van der Waals surface area contributed by atoms with E-state index in [9.17, 15) is 19.1 Å². The summed E-state index contributed by atoms with van der Waals surface area (Å²) >= 11 is 1.02. The zero-order valence-corrected chi connectivity index (χ0v) is 17.3. The molecule has 2 aromatic carbocycles. The lowest BCUT2D eigenvalue weighted by molar-refractivity contribution is -0.139. The normalized spacial score (nSPS) is 17.8.